The van der Waals surface area contributed by atoms with E-state index < -0.39 is 17.6 Å². The van der Waals surface area contributed by atoms with E-state index >= 15 is 0 Å². The second-order valence-corrected chi connectivity index (χ2v) is 6.16. The van der Waals surface area contributed by atoms with Gasteiger partial charge in [0.15, 0.2) is 6.61 Å². The number of alkyl halides is 3. The molecule has 1 N–H and O–H groups in total. The lowest BCUT2D eigenvalue weighted by atomic mass is 10.0. The van der Waals surface area contributed by atoms with E-state index in [4.69, 9.17) is 16.3 Å². The van der Waals surface area contributed by atoms with Crippen molar-refractivity contribution >= 4 is 23.2 Å². The van der Waals surface area contributed by atoms with E-state index in [1.165, 1.54) is 0 Å². The van der Waals surface area contributed by atoms with Crippen LogP contribution in [0.1, 0.15) is 30.9 Å². The maximum absolute atomic E-state index is 12.7. The van der Waals surface area contributed by atoms with Crippen molar-refractivity contribution in [2.24, 2.45) is 0 Å². The Morgan fingerprint density at radius 3 is 2.36 bits per heavy atom. The number of benzene rings is 2. The van der Waals surface area contributed by atoms with Crippen LogP contribution >= 0.6 is 11.6 Å². The van der Waals surface area contributed by atoms with Crippen LogP contribution in [0.3, 0.4) is 0 Å². The van der Waals surface area contributed by atoms with E-state index in [1.807, 2.05) is 12.1 Å². The number of carbonyl (C=O) groups is 1. The Hall–Kier alpha value is -2.21. The number of nitrogens with one attached hydrogen (secondary N) is 1. The lowest BCUT2D eigenvalue weighted by molar-refractivity contribution is -0.137. The molecule has 0 saturated heterocycles. The van der Waals surface area contributed by atoms with E-state index in [0.29, 0.717) is 11.7 Å². The zero-order valence-corrected chi connectivity index (χ0v) is 14.4. The molecular weight excluding hydrogens is 355 g/mol. The molecule has 0 bridgehead atoms. The molecule has 0 aliphatic rings. The van der Waals surface area contributed by atoms with Gasteiger partial charge in [0, 0.05) is 0 Å². The Kier molecular flexibility index (Phi) is 5.95. The Morgan fingerprint density at radius 2 is 1.80 bits per heavy atom. The molecule has 134 valence electrons. The monoisotopic (exact) mass is 371 g/mol. The Balaban J connectivity index is 1.98. The molecule has 2 rings (SSSR count). The molecule has 0 saturated carbocycles. The summed E-state index contributed by atoms with van der Waals surface area (Å²) in [5.41, 5.74) is 0.130. The van der Waals surface area contributed by atoms with Gasteiger partial charge in [0.2, 0.25) is 0 Å². The Labute approximate surface area is 148 Å². The first-order chi connectivity index (χ1) is 11.7. The first-order valence-electron chi connectivity index (χ1n) is 7.56. The van der Waals surface area contributed by atoms with Crippen molar-refractivity contribution in [1.29, 1.82) is 0 Å². The number of ether oxygens (including phenoxy) is 1. The van der Waals surface area contributed by atoms with Crippen molar-refractivity contribution in [2.75, 3.05) is 11.9 Å². The lowest BCUT2D eigenvalue weighted by Crippen LogP contribution is -2.20. The normalized spacial score (nSPS) is 11.5. The van der Waals surface area contributed by atoms with Crippen molar-refractivity contribution in [2.45, 2.75) is 25.9 Å². The molecule has 2 aromatic carbocycles. The van der Waals surface area contributed by atoms with Gasteiger partial charge in [0.25, 0.3) is 5.91 Å². The van der Waals surface area contributed by atoms with E-state index in [0.717, 1.165) is 23.8 Å². The summed E-state index contributed by atoms with van der Waals surface area (Å²) >= 11 is 5.83. The number of hydrogen-bond donors (Lipinski definition) is 1. The molecule has 0 fully saturated rings. The van der Waals surface area contributed by atoms with Gasteiger partial charge < -0.3 is 10.1 Å². The number of hydrogen-bond acceptors (Lipinski definition) is 2. The van der Waals surface area contributed by atoms with Crippen LogP contribution in [0.15, 0.2) is 42.5 Å². The summed E-state index contributed by atoms with van der Waals surface area (Å²) in [5, 5.41) is 2.34. The summed E-state index contributed by atoms with van der Waals surface area (Å²) in [4.78, 5) is 11.9. The van der Waals surface area contributed by atoms with Crippen molar-refractivity contribution in [3.05, 3.63) is 58.6 Å². The summed E-state index contributed by atoms with van der Waals surface area (Å²) < 4.78 is 43.5. The van der Waals surface area contributed by atoms with Gasteiger partial charge in [-0.15, -0.1) is 0 Å². The topological polar surface area (TPSA) is 38.3 Å². The first-order valence-corrected chi connectivity index (χ1v) is 7.94. The van der Waals surface area contributed by atoms with Crippen LogP contribution in [0.5, 0.6) is 5.75 Å². The van der Waals surface area contributed by atoms with Crippen LogP contribution in [0.25, 0.3) is 0 Å². The molecular formula is C18H17ClF3NO2. The van der Waals surface area contributed by atoms with Gasteiger partial charge in [-0.3, -0.25) is 4.79 Å². The minimum atomic E-state index is -4.52. The van der Waals surface area contributed by atoms with Crippen molar-refractivity contribution in [3.63, 3.8) is 0 Å². The zero-order valence-electron chi connectivity index (χ0n) is 13.7. The first kappa shape index (κ1) is 19.1. The number of rotatable bonds is 5. The van der Waals surface area contributed by atoms with Crippen molar-refractivity contribution in [1.82, 2.24) is 0 Å². The molecule has 0 atom stereocenters. The van der Waals surface area contributed by atoms with Gasteiger partial charge in [0.05, 0.1) is 16.3 Å². The maximum atomic E-state index is 12.7. The standard InChI is InChI=1S/C18H17ClF3NO2/c1-11(2)12-3-6-14(7-4-12)25-10-17(24)23-16-9-13(18(20,21)22)5-8-15(16)19/h3-9,11H,10H2,1-2H3,(H,23,24). The molecule has 0 aromatic heterocycles. The largest absolute Gasteiger partial charge is 0.484 e. The quantitative estimate of drug-likeness (QED) is 0.753. The number of anilines is 1. The predicted molar refractivity (Wildman–Crippen MR) is 91.1 cm³/mol. The third-order valence-corrected chi connectivity index (χ3v) is 3.81. The molecule has 0 radical (unpaired) electrons. The fraction of sp³-hybridized carbons (Fsp3) is 0.278. The highest BCUT2D eigenvalue weighted by atomic mass is 35.5. The molecule has 25 heavy (non-hydrogen) atoms. The van der Waals surface area contributed by atoms with E-state index in [9.17, 15) is 18.0 Å². The fourth-order valence-corrected chi connectivity index (χ4v) is 2.25. The van der Waals surface area contributed by atoms with Crippen LogP contribution in [0, 0.1) is 0 Å². The maximum Gasteiger partial charge on any atom is 0.416 e. The summed E-state index contributed by atoms with van der Waals surface area (Å²) in [6.07, 6.45) is -4.52. The van der Waals surface area contributed by atoms with Crippen molar-refractivity contribution in [3.8, 4) is 5.75 Å². The van der Waals surface area contributed by atoms with Crippen LogP contribution in [-0.4, -0.2) is 12.5 Å². The van der Waals surface area contributed by atoms with Gasteiger partial charge in [-0.2, -0.15) is 13.2 Å². The Bertz CT molecular complexity index is 743. The zero-order chi connectivity index (χ0) is 18.6. The molecule has 2 aromatic rings. The van der Waals surface area contributed by atoms with Crippen LogP contribution in [-0.2, 0) is 11.0 Å². The average molecular weight is 372 g/mol. The molecule has 0 aliphatic carbocycles. The Morgan fingerprint density at radius 1 is 1.16 bits per heavy atom. The third kappa shape index (κ3) is 5.39. The molecule has 1 amide bonds. The highest BCUT2D eigenvalue weighted by Crippen LogP contribution is 2.33. The lowest BCUT2D eigenvalue weighted by Gasteiger charge is -2.12. The van der Waals surface area contributed by atoms with Gasteiger partial charge in [-0.1, -0.05) is 37.6 Å². The second-order valence-electron chi connectivity index (χ2n) is 5.75. The van der Waals surface area contributed by atoms with Crippen molar-refractivity contribution < 1.29 is 22.7 Å². The average Bonchev–Trinajstić information content (AvgIpc) is 2.54. The number of halogens is 4. The van der Waals surface area contributed by atoms with Crippen LogP contribution in [0.2, 0.25) is 5.02 Å². The third-order valence-electron chi connectivity index (χ3n) is 3.48. The van der Waals surface area contributed by atoms with Gasteiger partial charge >= 0.3 is 6.18 Å². The molecule has 0 aliphatic heterocycles. The molecule has 7 heteroatoms. The van der Waals surface area contributed by atoms with Gasteiger partial charge in [-0.05, 0) is 41.8 Å². The van der Waals surface area contributed by atoms with E-state index in [1.54, 1.807) is 12.1 Å². The van der Waals surface area contributed by atoms with E-state index in [2.05, 4.69) is 19.2 Å². The summed E-state index contributed by atoms with van der Waals surface area (Å²) in [7, 11) is 0. The summed E-state index contributed by atoms with van der Waals surface area (Å²) in [6, 6.07) is 9.98. The minimum absolute atomic E-state index is 0.0163. The van der Waals surface area contributed by atoms with E-state index in [-0.39, 0.29) is 17.3 Å². The van der Waals surface area contributed by atoms with Crippen LogP contribution in [0.4, 0.5) is 18.9 Å². The highest BCUT2D eigenvalue weighted by molar-refractivity contribution is 6.33. The molecule has 0 unspecified atom stereocenters. The SMILES string of the molecule is CC(C)c1ccc(OCC(=O)Nc2cc(C(F)(F)F)ccc2Cl)cc1. The summed E-state index contributed by atoms with van der Waals surface area (Å²) in [6.45, 7) is 3.78. The van der Waals surface area contributed by atoms with Crippen LogP contribution < -0.4 is 10.1 Å². The summed E-state index contributed by atoms with van der Waals surface area (Å²) in [5.74, 6) is 0.268. The smallest absolute Gasteiger partial charge is 0.416 e. The second kappa shape index (κ2) is 7.78. The predicted octanol–water partition coefficient (Wildman–Crippen LogP) is 5.50. The molecule has 0 spiro atoms. The fourth-order valence-electron chi connectivity index (χ4n) is 2.08. The molecule has 3 nitrogen and oxygen atoms in total. The minimum Gasteiger partial charge on any atom is -0.484 e. The molecule has 0 heterocycles. The highest BCUT2D eigenvalue weighted by Gasteiger charge is 2.31. The van der Waals surface area contributed by atoms with Gasteiger partial charge in [0.1, 0.15) is 5.75 Å². The van der Waals surface area contributed by atoms with Gasteiger partial charge in [-0.25, -0.2) is 0 Å². The number of carbonyl (C=O) groups excluding carboxylic acids is 1. The number of amides is 1.